The van der Waals surface area contributed by atoms with E-state index in [1.165, 1.54) is 0 Å². The summed E-state index contributed by atoms with van der Waals surface area (Å²) in [5, 5.41) is 0. The van der Waals surface area contributed by atoms with Gasteiger partial charge in [0.1, 0.15) is 0 Å². The summed E-state index contributed by atoms with van der Waals surface area (Å²) in [4.78, 5) is 4.62. The molecule has 5 rings (SSSR count). The van der Waals surface area contributed by atoms with Crippen LogP contribution in [0.2, 0.25) is 0 Å². The molecule has 1 aliphatic carbocycles. The predicted molar refractivity (Wildman–Crippen MR) is 163 cm³/mol. The molecule has 2 nitrogen and oxygen atoms in total. The van der Waals surface area contributed by atoms with Crippen LogP contribution in [-0.4, -0.2) is 6.04 Å². The minimum Gasteiger partial charge on any atom is -0.334 e. The van der Waals surface area contributed by atoms with Crippen molar-refractivity contribution in [2.45, 2.75) is 12.5 Å². The van der Waals surface area contributed by atoms with Gasteiger partial charge in [-0.3, -0.25) is 0 Å². The zero-order valence-electron chi connectivity index (χ0n) is 21.5. The molecule has 1 atom stereocenters. The third-order valence-electron chi connectivity index (χ3n) is 6.63. The molecule has 0 aromatic heterocycles. The summed E-state index contributed by atoms with van der Waals surface area (Å²) >= 11 is 0. The van der Waals surface area contributed by atoms with E-state index in [4.69, 9.17) is 0 Å². The van der Waals surface area contributed by atoms with E-state index in [0.717, 1.165) is 46.0 Å². The van der Waals surface area contributed by atoms with Crippen molar-refractivity contribution in [3.63, 3.8) is 0 Å². The van der Waals surface area contributed by atoms with Crippen LogP contribution in [0.5, 0.6) is 0 Å². The smallest absolute Gasteiger partial charge is 0.0565 e. The maximum atomic E-state index is 4.48. The highest BCUT2D eigenvalue weighted by molar-refractivity contribution is 5.71. The Morgan fingerprint density at radius 2 is 1.00 bits per heavy atom. The lowest BCUT2D eigenvalue weighted by molar-refractivity contribution is 0.773. The summed E-state index contributed by atoms with van der Waals surface area (Å²) in [5.41, 5.74) is 7.41. The SMILES string of the molecule is C=C1/C=C(/N(c2ccccc2)c2ccccc2)C=CC=C[C@@H](N(c2ccccc2)c2ccccc2)CC1=C. The van der Waals surface area contributed by atoms with Crippen molar-refractivity contribution in [3.8, 4) is 0 Å². The van der Waals surface area contributed by atoms with Crippen molar-refractivity contribution in [2.75, 3.05) is 9.80 Å². The fraction of sp³-hybridized carbons (Fsp3) is 0.0556. The lowest BCUT2D eigenvalue weighted by Gasteiger charge is -2.33. The van der Waals surface area contributed by atoms with Crippen LogP contribution in [0.1, 0.15) is 6.42 Å². The van der Waals surface area contributed by atoms with E-state index in [0.29, 0.717) is 0 Å². The van der Waals surface area contributed by atoms with Crippen LogP contribution in [0.4, 0.5) is 22.7 Å². The van der Waals surface area contributed by atoms with Crippen molar-refractivity contribution in [1.82, 2.24) is 0 Å². The van der Waals surface area contributed by atoms with Crippen LogP contribution in [0.25, 0.3) is 0 Å². The molecule has 0 radical (unpaired) electrons. The van der Waals surface area contributed by atoms with Gasteiger partial charge in [0, 0.05) is 28.4 Å². The molecule has 4 aromatic carbocycles. The van der Waals surface area contributed by atoms with Gasteiger partial charge in [0.25, 0.3) is 0 Å². The maximum Gasteiger partial charge on any atom is 0.0565 e. The summed E-state index contributed by atoms with van der Waals surface area (Å²) in [5.74, 6) is 0. The first-order chi connectivity index (χ1) is 18.7. The zero-order valence-corrected chi connectivity index (χ0v) is 21.5. The number of nitrogens with zero attached hydrogens (tertiary/aromatic N) is 2. The average molecular weight is 493 g/mol. The first-order valence-corrected chi connectivity index (χ1v) is 12.9. The minimum atomic E-state index is 0.0722. The molecule has 0 bridgehead atoms. The molecule has 186 valence electrons. The van der Waals surface area contributed by atoms with Crippen LogP contribution in [0, 0.1) is 0 Å². The molecule has 0 fully saturated rings. The van der Waals surface area contributed by atoms with E-state index in [9.17, 15) is 0 Å². The molecule has 1 aliphatic rings. The lowest BCUT2D eigenvalue weighted by atomic mass is 9.96. The first kappa shape index (κ1) is 24.9. The molecule has 38 heavy (non-hydrogen) atoms. The number of allylic oxidation sites excluding steroid dienone is 5. The van der Waals surface area contributed by atoms with Crippen LogP contribution in [0.15, 0.2) is 182 Å². The van der Waals surface area contributed by atoms with Gasteiger partial charge in [-0.15, -0.1) is 0 Å². The summed E-state index contributed by atoms with van der Waals surface area (Å²) in [6.45, 7) is 8.93. The summed E-state index contributed by atoms with van der Waals surface area (Å²) in [7, 11) is 0. The highest BCUT2D eigenvalue weighted by Gasteiger charge is 2.21. The average Bonchev–Trinajstić information content (AvgIpc) is 2.97. The van der Waals surface area contributed by atoms with Gasteiger partial charge in [0.2, 0.25) is 0 Å². The number of hydrogen-bond acceptors (Lipinski definition) is 2. The van der Waals surface area contributed by atoms with Gasteiger partial charge < -0.3 is 9.80 Å². The van der Waals surface area contributed by atoms with Gasteiger partial charge >= 0.3 is 0 Å². The number of benzene rings is 4. The third kappa shape index (κ3) is 5.77. The van der Waals surface area contributed by atoms with Crippen molar-refractivity contribution in [2.24, 2.45) is 0 Å². The molecule has 0 unspecified atom stereocenters. The Kier molecular flexibility index (Phi) is 7.81. The van der Waals surface area contributed by atoms with Crippen LogP contribution in [-0.2, 0) is 0 Å². The number of para-hydroxylation sites is 4. The van der Waals surface area contributed by atoms with E-state index < -0.39 is 0 Å². The van der Waals surface area contributed by atoms with Crippen LogP contribution >= 0.6 is 0 Å². The zero-order chi connectivity index (χ0) is 26.2. The Morgan fingerprint density at radius 3 is 1.47 bits per heavy atom. The number of hydrogen-bond donors (Lipinski definition) is 0. The van der Waals surface area contributed by atoms with Crippen LogP contribution < -0.4 is 9.80 Å². The van der Waals surface area contributed by atoms with Gasteiger partial charge in [0.15, 0.2) is 0 Å². The molecule has 0 saturated carbocycles. The van der Waals surface area contributed by atoms with Gasteiger partial charge in [0.05, 0.1) is 6.04 Å². The number of rotatable bonds is 6. The third-order valence-corrected chi connectivity index (χ3v) is 6.63. The lowest BCUT2D eigenvalue weighted by Crippen LogP contribution is -2.30. The maximum absolute atomic E-state index is 4.48. The Labute approximate surface area is 226 Å². The molecular weight excluding hydrogens is 460 g/mol. The van der Waals surface area contributed by atoms with Crippen molar-refractivity contribution in [1.29, 1.82) is 0 Å². The van der Waals surface area contributed by atoms with E-state index in [-0.39, 0.29) is 6.04 Å². The summed E-state index contributed by atoms with van der Waals surface area (Å²) in [6, 6.07) is 42.0. The normalized spacial score (nSPS) is 16.9. The molecule has 2 heteroatoms. The van der Waals surface area contributed by atoms with E-state index in [1.54, 1.807) is 0 Å². The van der Waals surface area contributed by atoms with Gasteiger partial charge in [-0.2, -0.15) is 0 Å². The summed E-state index contributed by atoms with van der Waals surface area (Å²) in [6.07, 6.45) is 11.6. The topological polar surface area (TPSA) is 6.48 Å². The summed E-state index contributed by atoms with van der Waals surface area (Å²) < 4.78 is 0. The van der Waals surface area contributed by atoms with E-state index in [1.807, 2.05) is 12.1 Å². The van der Waals surface area contributed by atoms with Gasteiger partial charge in [-0.25, -0.2) is 0 Å². The molecule has 0 N–H and O–H groups in total. The van der Waals surface area contributed by atoms with E-state index >= 15 is 0 Å². The largest absolute Gasteiger partial charge is 0.334 e. The van der Waals surface area contributed by atoms with E-state index in [2.05, 4.69) is 163 Å². The molecular formula is C36H32N2. The Bertz CT molecular complexity index is 1370. The predicted octanol–water partition coefficient (Wildman–Crippen LogP) is 9.54. The van der Waals surface area contributed by atoms with Crippen LogP contribution in [0.3, 0.4) is 0 Å². The second-order valence-corrected chi connectivity index (χ2v) is 9.26. The number of anilines is 4. The van der Waals surface area contributed by atoms with Crippen molar-refractivity contribution < 1.29 is 0 Å². The Balaban J connectivity index is 1.54. The molecule has 0 spiro atoms. The standard InChI is InChI=1S/C36H32N2/c1-29-27-35(37(31-17-7-3-8-18-31)32-19-9-4-10-20-32)25-15-16-26-36(28-30(29)2)38(33-21-11-5-12-22-33)34-23-13-6-14-24-34/h3-27,36H,1-2,28H2/b25-15?,26-16?,35-27+/t36-/m1/s1. The molecule has 4 aromatic rings. The fourth-order valence-electron chi connectivity index (χ4n) is 4.75. The second-order valence-electron chi connectivity index (χ2n) is 9.26. The molecule has 0 aliphatic heterocycles. The molecule has 0 saturated heterocycles. The second kappa shape index (κ2) is 11.9. The van der Waals surface area contributed by atoms with Crippen molar-refractivity contribution in [3.05, 3.63) is 182 Å². The minimum absolute atomic E-state index is 0.0722. The molecule has 0 heterocycles. The Morgan fingerprint density at radius 1 is 0.553 bits per heavy atom. The van der Waals surface area contributed by atoms with Gasteiger partial charge in [-0.1, -0.05) is 104 Å². The highest BCUT2D eigenvalue weighted by atomic mass is 15.2. The van der Waals surface area contributed by atoms with Gasteiger partial charge in [-0.05, 0) is 78.3 Å². The molecule has 0 amide bonds. The van der Waals surface area contributed by atoms with Crippen molar-refractivity contribution >= 4 is 22.7 Å². The quantitative estimate of drug-likeness (QED) is 0.264. The Hall–Kier alpha value is -4.82. The monoisotopic (exact) mass is 492 g/mol. The first-order valence-electron chi connectivity index (χ1n) is 12.9. The fourth-order valence-corrected chi connectivity index (χ4v) is 4.75. The highest BCUT2D eigenvalue weighted by Crippen LogP contribution is 2.34.